The van der Waals surface area contributed by atoms with Crippen LogP contribution in [0.1, 0.15) is 47.9 Å². The standard InChI is InChI=1S/C14H21N3O2/c1-3-12-11(8-10(2)16-17-12)13(19)15-9-14(4-5-14)6-7-18/h8,18H,3-7,9H2,1-2H3,(H,15,19). The van der Waals surface area contributed by atoms with Crippen molar-refractivity contribution in [1.82, 2.24) is 15.5 Å². The quantitative estimate of drug-likeness (QED) is 0.809. The predicted molar refractivity (Wildman–Crippen MR) is 71.9 cm³/mol. The molecule has 0 atom stereocenters. The first kappa shape index (κ1) is 13.9. The highest BCUT2D eigenvalue weighted by molar-refractivity contribution is 5.95. The van der Waals surface area contributed by atoms with Gasteiger partial charge in [0.2, 0.25) is 0 Å². The van der Waals surface area contributed by atoms with Crippen molar-refractivity contribution in [1.29, 1.82) is 0 Å². The molecule has 1 aliphatic carbocycles. The number of hydrogen-bond donors (Lipinski definition) is 2. The molecule has 19 heavy (non-hydrogen) atoms. The van der Waals surface area contributed by atoms with Crippen LogP contribution in [0, 0.1) is 12.3 Å². The van der Waals surface area contributed by atoms with E-state index in [2.05, 4.69) is 15.5 Å². The molecule has 1 saturated carbocycles. The van der Waals surface area contributed by atoms with Gasteiger partial charge in [0.1, 0.15) is 0 Å². The minimum Gasteiger partial charge on any atom is -0.396 e. The van der Waals surface area contributed by atoms with Crippen molar-refractivity contribution in [3.8, 4) is 0 Å². The lowest BCUT2D eigenvalue weighted by atomic mass is 10.0. The number of aliphatic hydroxyl groups is 1. The van der Waals surface area contributed by atoms with E-state index in [1.54, 1.807) is 6.07 Å². The average Bonchev–Trinajstić information content (AvgIpc) is 3.17. The molecule has 5 nitrogen and oxygen atoms in total. The van der Waals surface area contributed by atoms with Crippen LogP contribution >= 0.6 is 0 Å². The summed E-state index contributed by atoms with van der Waals surface area (Å²) in [6, 6.07) is 1.78. The van der Waals surface area contributed by atoms with E-state index in [0.717, 1.165) is 30.7 Å². The fourth-order valence-corrected chi connectivity index (χ4v) is 2.26. The third-order valence-electron chi connectivity index (χ3n) is 3.80. The average molecular weight is 263 g/mol. The number of aryl methyl sites for hydroxylation is 2. The molecule has 1 fully saturated rings. The highest BCUT2D eigenvalue weighted by Gasteiger charge is 2.41. The highest BCUT2D eigenvalue weighted by atomic mass is 16.3. The molecule has 0 unspecified atom stereocenters. The Labute approximate surface area is 113 Å². The van der Waals surface area contributed by atoms with Crippen molar-refractivity contribution in [2.45, 2.75) is 39.5 Å². The molecule has 1 aliphatic rings. The van der Waals surface area contributed by atoms with E-state index in [0.29, 0.717) is 18.5 Å². The van der Waals surface area contributed by atoms with Gasteiger partial charge in [0.05, 0.1) is 17.0 Å². The van der Waals surface area contributed by atoms with Crippen LogP contribution in [0.2, 0.25) is 0 Å². The van der Waals surface area contributed by atoms with Gasteiger partial charge in [0.25, 0.3) is 5.91 Å². The topological polar surface area (TPSA) is 75.1 Å². The van der Waals surface area contributed by atoms with Crippen LogP contribution in [0.25, 0.3) is 0 Å². The van der Waals surface area contributed by atoms with Gasteiger partial charge in [-0.1, -0.05) is 6.92 Å². The van der Waals surface area contributed by atoms with Crippen molar-refractivity contribution in [2.75, 3.05) is 13.2 Å². The van der Waals surface area contributed by atoms with Crippen molar-refractivity contribution in [2.24, 2.45) is 5.41 Å². The molecule has 0 spiro atoms. The second-order valence-corrected chi connectivity index (χ2v) is 5.36. The van der Waals surface area contributed by atoms with Crippen LogP contribution in [0.4, 0.5) is 0 Å². The summed E-state index contributed by atoms with van der Waals surface area (Å²) in [7, 11) is 0. The summed E-state index contributed by atoms with van der Waals surface area (Å²) >= 11 is 0. The molecular formula is C14H21N3O2. The zero-order chi connectivity index (χ0) is 13.9. The van der Waals surface area contributed by atoms with Crippen LogP contribution in [0.5, 0.6) is 0 Å². The van der Waals surface area contributed by atoms with Gasteiger partial charge in [-0.15, -0.1) is 0 Å². The fraction of sp³-hybridized carbons (Fsp3) is 0.643. The first-order valence-corrected chi connectivity index (χ1v) is 6.82. The number of amides is 1. The van der Waals surface area contributed by atoms with Gasteiger partial charge < -0.3 is 10.4 Å². The fourth-order valence-electron chi connectivity index (χ4n) is 2.26. The Balaban J connectivity index is 2.02. The van der Waals surface area contributed by atoms with Crippen LogP contribution in [0.15, 0.2) is 6.07 Å². The zero-order valence-corrected chi connectivity index (χ0v) is 11.6. The summed E-state index contributed by atoms with van der Waals surface area (Å²) in [5, 5.41) is 20.0. The van der Waals surface area contributed by atoms with Gasteiger partial charge in [-0.3, -0.25) is 4.79 Å². The lowest BCUT2D eigenvalue weighted by Crippen LogP contribution is -2.31. The molecular weight excluding hydrogens is 242 g/mol. The van der Waals surface area contributed by atoms with Crippen molar-refractivity contribution >= 4 is 5.91 Å². The van der Waals surface area contributed by atoms with E-state index >= 15 is 0 Å². The summed E-state index contributed by atoms with van der Waals surface area (Å²) in [6.07, 6.45) is 3.63. The molecule has 1 aromatic heterocycles. The minimum absolute atomic E-state index is 0.0842. The number of carbonyl (C=O) groups excluding carboxylic acids is 1. The molecule has 0 radical (unpaired) electrons. The first-order chi connectivity index (χ1) is 9.10. The highest BCUT2D eigenvalue weighted by Crippen LogP contribution is 2.47. The molecule has 104 valence electrons. The van der Waals surface area contributed by atoms with Gasteiger partial charge in [-0.2, -0.15) is 10.2 Å². The summed E-state index contributed by atoms with van der Waals surface area (Å²) in [5.41, 5.74) is 2.23. The molecule has 0 bridgehead atoms. The van der Waals surface area contributed by atoms with Crippen molar-refractivity contribution in [3.05, 3.63) is 23.0 Å². The number of carbonyl (C=O) groups is 1. The Kier molecular flexibility index (Phi) is 4.14. The van der Waals surface area contributed by atoms with Crippen molar-refractivity contribution < 1.29 is 9.90 Å². The van der Waals surface area contributed by atoms with Crippen molar-refractivity contribution in [3.63, 3.8) is 0 Å². The number of rotatable bonds is 6. The molecule has 5 heteroatoms. The SMILES string of the molecule is CCc1nnc(C)cc1C(=O)NCC1(CCO)CC1. The number of aromatic nitrogens is 2. The van der Waals surface area contributed by atoms with Gasteiger partial charge in [0, 0.05) is 13.2 Å². The maximum atomic E-state index is 12.2. The maximum Gasteiger partial charge on any atom is 0.253 e. The molecule has 0 aromatic carbocycles. The Morgan fingerprint density at radius 1 is 1.47 bits per heavy atom. The van der Waals surface area contributed by atoms with Gasteiger partial charge in [-0.05, 0) is 44.1 Å². The second-order valence-electron chi connectivity index (χ2n) is 5.36. The Morgan fingerprint density at radius 3 is 2.79 bits per heavy atom. The Bertz CT molecular complexity index is 470. The molecule has 1 amide bonds. The maximum absolute atomic E-state index is 12.2. The number of aliphatic hydroxyl groups excluding tert-OH is 1. The lowest BCUT2D eigenvalue weighted by Gasteiger charge is -2.15. The van der Waals surface area contributed by atoms with Crippen LogP contribution in [0.3, 0.4) is 0 Å². The largest absolute Gasteiger partial charge is 0.396 e. The van der Waals surface area contributed by atoms with Crippen LogP contribution < -0.4 is 5.32 Å². The molecule has 1 heterocycles. The van der Waals surface area contributed by atoms with E-state index in [9.17, 15) is 4.79 Å². The Morgan fingerprint density at radius 2 is 2.21 bits per heavy atom. The molecule has 0 aliphatic heterocycles. The smallest absolute Gasteiger partial charge is 0.253 e. The Hall–Kier alpha value is -1.49. The van der Waals surface area contributed by atoms with Gasteiger partial charge >= 0.3 is 0 Å². The van der Waals surface area contributed by atoms with Gasteiger partial charge in [0.15, 0.2) is 0 Å². The van der Waals surface area contributed by atoms with Crippen LogP contribution in [-0.4, -0.2) is 34.4 Å². The van der Waals surface area contributed by atoms with E-state index < -0.39 is 0 Å². The first-order valence-electron chi connectivity index (χ1n) is 6.82. The summed E-state index contributed by atoms with van der Waals surface area (Å²) in [6.45, 7) is 4.62. The number of nitrogens with one attached hydrogen (secondary N) is 1. The third kappa shape index (κ3) is 3.29. The molecule has 0 saturated heterocycles. The van der Waals surface area contributed by atoms with Gasteiger partial charge in [-0.25, -0.2) is 0 Å². The predicted octanol–water partition coefficient (Wildman–Crippen LogP) is 1.24. The molecule has 2 rings (SSSR count). The normalized spacial score (nSPS) is 16.2. The minimum atomic E-state index is -0.0842. The van der Waals surface area contributed by atoms with E-state index in [4.69, 9.17) is 5.11 Å². The monoisotopic (exact) mass is 263 g/mol. The van der Waals surface area contributed by atoms with E-state index in [-0.39, 0.29) is 17.9 Å². The van der Waals surface area contributed by atoms with Crippen LogP contribution in [-0.2, 0) is 6.42 Å². The lowest BCUT2D eigenvalue weighted by molar-refractivity contribution is 0.0939. The zero-order valence-electron chi connectivity index (χ0n) is 11.6. The van der Waals surface area contributed by atoms with E-state index in [1.165, 1.54) is 0 Å². The van der Waals surface area contributed by atoms with E-state index in [1.807, 2.05) is 13.8 Å². The summed E-state index contributed by atoms with van der Waals surface area (Å²) in [4.78, 5) is 12.2. The molecule has 1 aromatic rings. The summed E-state index contributed by atoms with van der Waals surface area (Å²) in [5.74, 6) is -0.0842. The molecule has 2 N–H and O–H groups in total. The number of hydrogen-bond acceptors (Lipinski definition) is 4. The number of nitrogens with zero attached hydrogens (tertiary/aromatic N) is 2. The summed E-state index contributed by atoms with van der Waals surface area (Å²) < 4.78 is 0. The second kappa shape index (κ2) is 5.65. The third-order valence-corrected chi connectivity index (χ3v) is 3.80.